The van der Waals surface area contributed by atoms with E-state index in [-0.39, 0.29) is 11.3 Å². The lowest BCUT2D eigenvalue weighted by Gasteiger charge is -2.14. The maximum atomic E-state index is 14.6. The van der Waals surface area contributed by atoms with Crippen molar-refractivity contribution in [3.05, 3.63) is 102 Å². The lowest BCUT2D eigenvalue weighted by atomic mass is 10.2. The van der Waals surface area contributed by atoms with Gasteiger partial charge < -0.3 is 10.1 Å². The molecule has 0 amide bonds. The second kappa shape index (κ2) is 10.1. The molecule has 0 saturated carbocycles. The van der Waals surface area contributed by atoms with Crippen LogP contribution >= 0.6 is 11.8 Å². The van der Waals surface area contributed by atoms with Crippen molar-refractivity contribution in [2.75, 3.05) is 0 Å². The maximum Gasteiger partial charge on any atom is 0.192 e. The van der Waals surface area contributed by atoms with Crippen LogP contribution in [0.4, 0.5) is 4.39 Å². The first-order valence-electron chi connectivity index (χ1n) is 11.2. The Labute approximate surface area is 211 Å². The van der Waals surface area contributed by atoms with Crippen LogP contribution < -0.4 is 0 Å². The van der Waals surface area contributed by atoms with Crippen molar-refractivity contribution in [2.45, 2.75) is 23.9 Å². The second-order valence-corrected chi connectivity index (χ2v) is 9.40. The van der Waals surface area contributed by atoms with E-state index in [1.54, 1.807) is 25.1 Å². The van der Waals surface area contributed by atoms with Gasteiger partial charge in [0.05, 0.1) is 28.4 Å². The number of nitrogens with one attached hydrogen (secondary N) is 1. The van der Waals surface area contributed by atoms with Crippen LogP contribution in [0.25, 0.3) is 28.0 Å². The number of hydrogen-bond donors (Lipinski definition) is 2. The van der Waals surface area contributed by atoms with Crippen molar-refractivity contribution < 1.29 is 9.50 Å². The number of para-hydroxylation sites is 2. The number of allylic oxidation sites excluding steroid dienone is 1. The Kier molecular flexibility index (Phi) is 6.52. The van der Waals surface area contributed by atoms with Crippen LogP contribution in [-0.2, 0) is 6.54 Å². The van der Waals surface area contributed by atoms with Crippen LogP contribution in [0.1, 0.15) is 18.3 Å². The van der Waals surface area contributed by atoms with E-state index in [0.717, 1.165) is 11.1 Å². The van der Waals surface area contributed by atoms with E-state index < -0.39 is 11.1 Å². The molecule has 5 rings (SSSR count). The third-order valence-corrected chi connectivity index (χ3v) is 6.77. The van der Waals surface area contributed by atoms with E-state index in [4.69, 9.17) is 0 Å². The molecule has 7 nitrogen and oxygen atoms in total. The fourth-order valence-electron chi connectivity index (χ4n) is 3.85. The molecule has 1 atom stereocenters. The normalized spacial score (nSPS) is 12.8. The molecule has 2 heterocycles. The van der Waals surface area contributed by atoms with Gasteiger partial charge in [-0.2, -0.15) is 5.26 Å². The molecule has 0 aliphatic carbocycles. The third kappa shape index (κ3) is 4.59. The number of halogens is 1. The zero-order valence-electron chi connectivity index (χ0n) is 19.3. The molecular formula is C27H21FN6OS. The van der Waals surface area contributed by atoms with Crippen molar-refractivity contribution >= 4 is 28.4 Å². The van der Waals surface area contributed by atoms with Crippen LogP contribution in [0.3, 0.4) is 0 Å². The summed E-state index contributed by atoms with van der Waals surface area (Å²) in [6.07, 6.45) is 0. The first-order chi connectivity index (χ1) is 17.5. The fourth-order valence-corrected chi connectivity index (χ4v) is 4.76. The summed E-state index contributed by atoms with van der Waals surface area (Å²) in [5.41, 5.74) is 2.84. The SMILES string of the molecule is CC(Sc1nnc(-c2ccccc2F)n1Cc1ccccc1)/C(O)=C(\C#N)c1nc2ccccc2[nH]1. The number of aromatic amines is 1. The van der Waals surface area contributed by atoms with Crippen molar-refractivity contribution in [2.24, 2.45) is 0 Å². The fraction of sp³-hybridized carbons (Fsp3) is 0.111. The van der Waals surface area contributed by atoms with E-state index in [1.807, 2.05) is 59.2 Å². The first kappa shape index (κ1) is 23.3. The minimum Gasteiger partial charge on any atom is -0.510 e. The van der Waals surface area contributed by atoms with Gasteiger partial charge in [0.15, 0.2) is 16.8 Å². The predicted molar refractivity (Wildman–Crippen MR) is 138 cm³/mol. The van der Waals surface area contributed by atoms with Gasteiger partial charge in [0.25, 0.3) is 0 Å². The number of benzene rings is 3. The molecule has 0 spiro atoms. The number of H-pyrrole nitrogens is 1. The molecule has 1 unspecified atom stereocenters. The lowest BCUT2D eigenvalue weighted by molar-refractivity contribution is 0.401. The summed E-state index contributed by atoms with van der Waals surface area (Å²) >= 11 is 1.23. The summed E-state index contributed by atoms with van der Waals surface area (Å²) in [6.45, 7) is 2.18. The minimum atomic E-state index is -0.556. The number of aromatic nitrogens is 5. The first-order valence-corrected chi connectivity index (χ1v) is 12.1. The molecule has 2 N–H and O–H groups in total. The number of thioether (sulfide) groups is 1. The van der Waals surface area contributed by atoms with Crippen LogP contribution in [0.5, 0.6) is 0 Å². The quantitative estimate of drug-likeness (QED) is 0.163. The van der Waals surface area contributed by atoms with Crippen molar-refractivity contribution in [3.63, 3.8) is 0 Å². The predicted octanol–water partition coefficient (Wildman–Crippen LogP) is 5.98. The van der Waals surface area contributed by atoms with E-state index in [2.05, 4.69) is 26.2 Å². The molecule has 0 radical (unpaired) electrons. The van der Waals surface area contributed by atoms with Gasteiger partial charge in [-0.15, -0.1) is 10.2 Å². The largest absolute Gasteiger partial charge is 0.510 e. The number of nitriles is 1. The van der Waals surface area contributed by atoms with E-state index in [0.29, 0.717) is 34.4 Å². The van der Waals surface area contributed by atoms with Crippen molar-refractivity contribution in [1.82, 2.24) is 24.7 Å². The summed E-state index contributed by atoms with van der Waals surface area (Å²) in [5.74, 6) is 0.140. The van der Waals surface area contributed by atoms with Gasteiger partial charge in [0.2, 0.25) is 0 Å². The highest BCUT2D eigenvalue weighted by Gasteiger charge is 2.24. The summed E-state index contributed by atoms with van der Waals surface area (Å²) in [7, 11) is 0. The number of nitrogens with zero attached hydrogens (tertiary/aromatic N) is 5. The average molecular weight is 497 g/mol. The monoisotopic (exact) mass is 496 g/mol. The van der Waals surface area contributed by atoms with Crippen LogP contribution in [0, 0.1) is 17.1 Å². The van der Waals surface area contributed by atoms with E-state index in [9.17, 15) is 14.8 Å². The van der Waals surface area contributed by atoms with E-state index in [1.165, 1.54) is 17.8 Å². The topological polar surface area (TPSA) is 103 Å². The number of fused-ring (bicyclic) bond motifs is 1. The number of aliphatic hydroxyl groups is 1. The highest BCUT2D eigenvalue weighted by molar-refractivity contribution is 7.99. The summed E-state index contributed by atoms with van der Waals surface area (Å²) in [6, 6.07) is 25.6. The van der Waals surface area contributed by atoms with Gasteiger partial charge in [-0.1, -0.05) is 66.4 Å². The molecule has 3 aromatic carbocycles. The maximum absolute atomic E-state index is 14.6. The van der Waals surface area contributed by atoms with Gasteiger partial charge in [-0.25, -0.2) is 9.37 Å². The van der Waals surface area contributed by atoms with Crippen molar-refractivity contribution in [1.29, 1.82) is 5.26 Å². The highest BCUT2D eigenvalue weighted by atomic mass is 32.2. The lowest BCUT2D eigenvalue weighted by Crippen LogP contribution is -2.09. The molecule has 178 valence electrons. The Balaban J connectivity index is 1.51. The molecule has 9 heteroatoms. The van der Waals surface area contributed by atoms with Crippen molar-refractivity contribution in [3.8, 4) is 17.5 Å². The molecule has 2 aromatic heterocycles. The molecule has 5 aromatic rings. The Morgan fingerprint density at radius 3 is 2.53 bits per heavy atom. The molecular weight excluding hydrogens is 475 g/mol. The van der Waals surface area contributed by atoms with Gasteiger partial charge >= 0.3 is 0 Å². The van der Waals surface area contributed by atoms with Gasteiger partial charge in [0, 0.05) is 0 Å². The number of rotatable bonds is 7. The molecule has 36 heavy (non-hydrogen) atoms. The van der Waals surface area contributed by atoms with Crippen LogP contribution in [-0.4, -0.2) is 35.1 Å². The standard InChI is InChI=1S/C27H21FN6OS/c1-17(24(35)20(15-29)25-30-22-13-7-8-14-23(22)31-25)36-27-33-32-26(19-11-5-6-12-21(19)28)34(27)16-18-9-3-2-4-10-18/h2-14,17,35H,16H2,1H3,(H,30,31)/b24-20-. The minimum absolute atomic E-state index is 0.0506. The summed E-state index contributed by atoms with van der Waals surface area (Å²) < 4.78 is 16.5. The Hall–Kier alpha value is -4.42. The van der Waals surface area contributed by atoms with Crippen LogP contribution in [0.15, 0.2) is 89.8 Å². The number of hydrogen-bond acceptors (Lipinski definition) is 6. The third-order valence-electron chi connectivity index (χ3n) is 5.68. The second-order valence-electron chi connectivity index (χ2n) is 8.09. The number of imidazole rings is 1. The molecule has 0 aliphatic rings. The summed E-state index contributed by atoms with van der Waals surface area (Å²) in [4.78, 5) is 7.53. The van der Waals surface area contributed by atoms with Crippen LogP contribution in [0.2, 0.25) is 0 Å². The highest BCUT2D eigenvalue weighted by Crippen LogP contribution is 2.33. The molecule has 0 aliphatic heterocycles. The van der Waals surface area contributed by atoms with Gasteiger partial charge in [-0.05, 0) is 36.8 Å². The Morgan fingerprint density at radius 1 is 1.06 bits per heavy atom. The Morgan fingerprint density at radius 2 is 1.78 bits per heavy atom. The van der Waals surface area contributed by atoms with E-state index >= 15 is 0 Å². The number of aliphatic hydroxyl groups excluding tert-OH is 1. The van der Waals surface area contributed by atoms with Gasteiger partial charge in [0.1, 0.15) is 23.2 Å². The smallest absolute Gasteiger partial charge is 0.192 e. The molecule has 0 bridgehead atoms. The molecule has 0 fully saturated rings. The Bertz CT molecular complexity index is 1570. The molecule has 0 saturated heterocycles. The zero-order chi connectivity index (χ0) is 25.1. The zero-order valence-corrected chi connectivity index (χ0v) is 20.1. The average Bonchev–Trinajstić information content (AvgIpc) is 3.49. The van der Waals surface area contributed by atoms with Gasteiger partial charge in [-0.3, -0.25) is 4.57 Å². The summed E-state index contributed by atoms with van der Waals surface area (Å²) in [5, 5.41) is 29.4.